The predicted molar refractivity (Wildman–Crippen MR) is 115 cm³/mol. The summed E-state index contributed by atoms with van der Waals surface area (Å²) in [5.74, 6) is -0.586. The third kappa shape index (κ3) is 3.77. The van der Waals surface area contributed by atoms with Crippen LogP contribution in [0.1, 0.15) is 28.3 Å². The standard InChI is InChI=1S/C21H25N5O4S/c1-14-19(16-7-4-5-8-17(16)22-14)20(27)21(28)25-9-6-10-26(12-11-25)31(29,30)18-13-24(3)15(2)23-18/h4-5,7-8,13,22H,6,9-12H2,1-3H3. The Balaban J connectivity index is 1.52. The van der Waals surface area contributed by atoms with Gasteiger partial charge < -0.3 is 14.5 Å². The number of aromatic amines is 1. The normalized spacial score (nSPS) is 15.9. The fourth-order valence-corrected chi connectivity index (χ4v) is 5.43. The van der Waals surface area contributed by atoms with Crippen molar-refractivity contribution in [1.29, 1.82) is 0 Å². The van der Waals surface area contributed by atoms with Crippen LogP contribution >= 0.6 is 0 Å². The molecule has 0 saturated carbocycles. The lowest BCUT2D eigenvalue weighted by atomic mass is 10.1. The number of carbonyl (C=O) groups excluding carboxylic acids is 2. The number of hydrogen-bond acceptors (Lipinski definition) is 5. The molecule has 1 fully saturated rings. The van der Waals surface area contributed by atoms with Crippen LogP contribution in [0.25, 0.3) is 10.9 Å². The van der Waals surface area contributed by atoms with Gasteiger partial charge in [0, 0.05) is 56.0 Å². The van der Waals surface area contributed by atoms with Crippen LogP contribution in [0.4, 0.5) is 0 Å². The Morgan fingerprint density at radius 2 is 1.81 bits per heavy atom. The van der Waals surface area contributed by atoms with Gasteiger partial charge in [0.1, 0.15) is 5.82 Å². The third-order valence-corrected chi connectivity index (χ3v) is 7.52. The lowest BCUT2D eigenvalue weighted by Crippen LogP contribution is -2.40. The highest BCUT2D eigenvalue weighted by molar-refractivity contribution is 7.89. The summed E-state index contributed by atoms with van der Waals surface area (Å²) in [6, 6.07) is 7.36. The minimum atomic E-state index is -3.76. The molecule has 1 N–H and O–H groups in total. The summed E-state index contributed by atoms with van der Waals surface area (Å²) in [4.78, 5) is 34.8. The van der Waals surface area contributed by atoms with Crippen molar-refractivity contribution in [3.05, 3.63) is 47.5 Å². The molecule has 1 aromatic carbocycles. The van der Waals surface area contributed by atoms with Gasteiger partial charge in [0.25, 0.3) is 21.7 Å². The first-order valence-corrected chi connectivity index (χ1v) is 11.5. The van der Waals surface area contributed by atoms with Crippen molar-refractivity contribution in [3.8, 4) is 0 Å². The smallest absolute Gasteiger partial charge is 0.295 e. The van der Waals surface area contributed by atoms with Crippen LogP contribution in [0.5, 0.6) is 0 Å². The van der Waals surface area contributed by atoms with Crippen molar-refractivity contribution in [1.82, 2.24) is 23.7 Å². The van der Waals surface area contributed by atoms with Crippen LogP contribution in [-0.4, -0.2) is 70.0 Å². The number of nitrogens with zero attached hydrogens (tertiary/aromatic N) is 4. The Hall–Kier alpha value is -2.98. The summed E-state index contributed by atoms with van der Waals surface area (Å²) >= 11 is 0. The SMILES string of the molecule is Cc1[nH]c2ccccc2c1C(=O)C(=O)N1CCCN(S(=O)(=O)c2cn(C)c(C)n2)CC1. The highest BCUT2D eigenvalue weighted by atomic mass is 32.2. The summed E-state index contributed by atoms with van der Waals surface area (Å²) in [6.07, 6.45) is 1.93. The number of hydrogen-bond donors (Lipinski definition) is 1. The lowest BCUT2D eigenvalue weighted by molar-refractivity contribution is -0.126. The number of aromatic nitrogens is 3. The fourth-order valence-electron chi connectivity index (χ4n) is 3.94. The zero-order valence-electron chi connectivity index (χ0n) is 17.8. The first-order valence-electron chi connectivity index (χ1n) is 10.1. The molecule has 3 heterocycles. The molecule has 1 amide bonds. The second kappa shape index (κ2) is 7.93. The van der Waals surface area contributed by atoms with Crippen molar-refractivity contribution in [3.63, 3.8) is 0 Å². The van der Waals surface area contributed by atoms with Gasteiger partial charge in [0.05, 0.1) is 5.56 Å². The van der Waals surface area contributed by atoms with E-state index in [0.717, 1.165) is 5.52 Å². The molecule has 0 atom stereocenters. The Morgan fingerprint density at radius 1 is 1.06 bits per heavy atom. The van der Waals surface area contributed by atoms with Crippen LogP contribution in [0, 0.1) is 13.8 Å². The van der Waals surface area contributed by atoms with E-state index in [-0.39, 0.29) is 24.7 Å². The number of H-pyrrole nitrogens is 1. The van der Waals surface area contributed by atoms with Gasteiger partial charge in [-0.25, -0.2) is 13.4 Å². The molecule has 10 heteroatoms. The molecule has 1 aliphatic heterocycles. The minimum Gasteiger partial charge on any atom is -0.358 e. The number of sulfonamides is 1. The average Bonchev–Trinajstić information content (AvgIpc) is 3.13. The predicted octanol–water partition coefficient (Wildman–Crippen LogP) is 1.62. The largest absolute Gasteiger partial charge is 0.358 e. The van der Waals surface area contributed by atoms with Crippen molar-refractivity contribution < 1.29 is 18.0 Å². The molecule has 9 nitrogen and oxygen atoms in total. The number of rotatable bonds is 4. The number of para-hydroxylation sites is 1. The van der Waals surface area contributed by atoms with Crippen molar-refractivity contribution >= 4 is 32.6 Å². The molecule has 164 valence electrons. The van der Waals surface area contributed by atoms with E-state index in [9.17, 15) is 18.0 Å². The maximum Gasteiger partial charge on any atom is 0.295 e. The molecule has 31 heavy (non-hydrogen) atoms. The lowest BCUT2D eigenvalue weighted by Gasteiger charge is -2.21. The van der Waals surface area contributed by atoms with Gasteiger partial charge in [-0.3, -0.25) is 9.59 Å². The second-order valence-corrected chi connectivity index (χ2v) is 9.67. The topological polar surface area (TPSA) is 108 Å². The molecule has 2 aromatic heterocycles. The van der Waals surface area contributed by atoms with E-state index in [1.54, 1.807) is 25.5 Å². The van der Waals surface area contributed by atoms with Crippen LogP contribution < -0.4 is 0 Å². The van der Waals surface area contributed by atoms with Crippen LogP contribution in [0.15, 0.2) is 35.5 Å². The van der Waals surface area contributed by atoms with E-state index in [1.165, 1.54) is 15.4 Å². The molecule has 4 rings (SSSR count). The molecular formula is C21H25N5O4S. The van der Waals surface area contributed by atoms with Gasteiger partial charge in [-0.15, -0.1) is 0 Å². The van der Waals surface area contributed by atoms with Gasteiger partial charge in [-0.1, -0.05) is 18.2 Å². The van der Waals surface area contributed by atoms with Crippen molar-refractivity contribution in [2.24, 2.45) is 7.05 Å². The molecule has 0 radical (unpaired) electrons. The van der Waals surface area contributed by atoms with E-state index < -0.39 is 21.7 Å². The highest BCUT2D eigenvalue weighted by Crippen LogP contribution is 2.23. The molecule has 1 aliphatic rings. The maximum atomic E-state index is 13.0. The number of benzene rings is 1. The molecule has 0 aliphatic carbocycles. The number of amides is 1. The minimum absolute atomic E-state index is 0.00206. The fraction of sp³-hybridized carbons (Fsp3) is 0.381. The molecule has 1 saturated heterocycles. The number of nitrogens with one attached hydrogen (secondary N) is 1. The summed E-state index contributed by atoms with van der Waals surface area (Å²) in [7, 11) is -2.02. The number of imidazole rings is 1. The number of fused-ring (bicyclic) bond motifs is 1. The van der Waals surface area contributed by atoms with Crippen LogP contribution in [-0.2, 0) is 21.9 Å². The molecule has 0 bridgehead atoms. The summed E-state index contributed by atoms with van der Waals surface area (Å²) in [6.45, 7) is 4.36. The zero-order chi connectivity index (χ0) is 22.3. The Bertz CT molecular complexity index is 1250. The first-order chi connectivity index (χ1) is 14.7. The van der Waals surface area contributed by atoms with E-state index in [0.29, 0.717) is 35.4 Å². The molecular weight excluding hydrogens is 418 g/mol. The van der Waals surface area contributed by atoms with E-state index >= 15 is 0 Å². The Morgan fingerprint density at radius 3 is 2.52 bits per heavy atom. The van der Waals surface area contributed by atoms with Gasteiger partial charge >= 0.3 is 0 Å². The summed E-state index contributed by atoms with van der Waals surface area (Å²) in [5.41, 5.74) is 1.82. The number of Topliss-reactive ketones (excluding diaryl/α,β-unsaturated/α-hetero) is 1. The Labute approximate surface area is 180 Å². The van der Waals surface area contributed by atoms with Crippen LogP contribution in [0.2, 0.25) is 0 Å². The molecule has 3 aromatic rings. The zero-order valence-corrected chi connectivity index (χ0v) is 18.6. The van der Waals surface area contributed by atoms with E-state index in [1.807, 2.05) is 24.3 Å². The van der Waals surface area contributed by atoms with Gasteiger partial charge in [-0.2, -0.15) is 4.31 Å². The van der Waals surface area contributed by atoms with E-state index in [4.69, 9.17) is 0 Å². The summed E-state index contributed by atoms with van der Waals surface area (Å²) in [5, 5.41) is 0.709. The highest BCUT2D eigenvalue weighted by Gasteiger charge is 2.33. The number of carbonyl (C=O) groups is 2. The third-order valence-electron chi connectivity index (χ3n) is 5.75. The first kappa shape index (κ1) is 21.3. The van der Waals surface area contributed by atoms with Crippen molar-refractivity contribution in [2.75, 3.05) is 26.2 Å². The number of aryl methyl sites for hydroxylation is 3. The Kier molecular flexibility index (Phi) is 5.44. The van der Waals surface area contributed by atoms with Crippen LogP contribution in [0.3, 0.4) is 0 Å². The number of ketones is 1. The summed E-state index contributed by atoms with van der Waals surface area (Å²) < 4.78 is 28.9. The van der Waals surface area contributed by atoms with Gasteiger partial charge in [0.15, 0.2) is 5.03 Å². The van der Waals surface area contributed by atoms with Gasteiger partial charge in [0.2, 0.25) is 0 Å². The monoisotopic (exact) mass is 443 g/mol. The average molecular weight is 444 g/mol. The second-order valence-electron chi connectivity index (χ2n) is 7.79. The van der Waals surface area contributed by atoms with E-state index in [2.05, 4.69) is 9.97 Å². The van der Waals surface area contributed by atoms with Crippen molar-refractivity contribution in [2.45, 2.75) is 25.3 Å². The quantitative estimate of drug-likeness (QED) is 0.487. The molecule has 0 spiro atoms. The molecule has 0 unspecified atom stereocenters. The maximum absolute atomic E-state index is 13.0. The van der Waals surface area contributed by atoms with Gasteiger partial charge in [-0.05, 0) is 26.3 Å².